The van der Waals surface area contributed by atoms with Crippen molar-refractivity contribution in [3.8, 4) is 0 Å². The summed E-state index contributed by atoms with van der Waals surface area (Å²) in [6.07, 6.45) is 5.80. The first-order valence-electron chi connectivity index (χ1n) is 6.88. The van der Waals surface area contributed by atoms with Crippen molar-refractivity contribution >= 4 is 5.95 Å². The summed E-state index contributed by atoms with van der Waals surface area (Å²) >= 11 is 0. The molecule has 2 unspecified atom stereocenters. The molecule has 18 heavy (non-hydrogen) atoms. The fraction of sp³-hybridized carbons (Fsp3) is 0.714. The molecule has 0 saturated carbocycles. The van der Waals surface area contributed by atoms with Crippen LogP contribution in [0, 0.1) is 5.92 Å². The van der Waals surface area contributed by atoms with Crippen molar-refractivity contribution in [2.75, 3.05) is 18.0 Å². The number of hydrogen-bond donors (Lipinski definition) is 1. The van der Waals surface area contributed by atoms with Crippen LogP contribution in [0.25, 0.3) is 0 Å². The standard InChI is InChI=1S/C14H26N4/c1-5-11(3)10-18(6-2)14-16-8-13(9-17-14)7-12(4)15/h8-9,11-12H,5-7,10,15H2,1-4H3. The Bertz CT molecular complexity index is 334. The molecule has 0 aliphatic carbocycles. The first-order valence-corrected chi connectivity index (χ1v) is 6.88. The van der Waals surface area contributed by atoms with Crippen molar-refractivity contribution < 1.29 is 0 Å². The fourth-order valence-electron chi connectivity index (χ4n) is 1.85. The largest absolute Gasteiger partial charge is 0.341 e. The van der Waals surface area contributed by atoms with Crippen molar-refractivity contribution in [3.63, 3.8) is 0 Å². The van der Waals surface area contributed by atoms with E-state index in [0.29, 0.717) is 5.92 Å². The summed E-state index contributed by atoms with van der Waals surface area (Å²) in [5.74, 6) is 1.49. The maximum atomic E-state index is 5.77. The van der Waals surface area contributed by atoms with Crippen LogP contribution in [-0.4, -0.2) is 29.1 Å². The third kappa shape index (κ3) is 4.61. The van der Waals surface area contributed by atoms with E-state index in [1.165, 1.54) is 6.42 Å². The summed E-state index contributed by atoms with van der Waals surface area (Å²) in [6.45, 7) is 10.6. The van der Waals surface area contributed by atoms with Gasteiger partial charge in [0.2, 0.25) is 5.95 Å². The third-order valence-corrected chi connectivity index (χ3v) is 3.14. The molecular formula is C14H26N4. The van der Waals surface area contributed by atoms with Gasteiger partial charge in [-0.25, -0.2) is 9.97 Å². The van der Waals surface area contributed by atoms with E-state index in [9.17, 15) is 0 Å². The maximum Gasteiger partial charge on any atom is 0.225 e. The third-order valence-electron chi connectivity index (χ3n) is 3.14. The van der Waals surface area contributed by atoms with Crippen LogP contribution in [0.2, 0.25) is 0 Å². The minimum absolute atomic E-state index is 0.154. The van der Waals surface area contributed by atoms with E-state index in [4.69, 9.17) is 5.73 Å². The Labute approximate surface area is 111 Å². The maximum absolute atomic E-state index is 5.77. The SMILES string of the molecule is CCC(C)CN(CC)c1ncc(CC(C)N)cn1. The first kappa shape index (κ1) is 14.9. The second-order valence-corrected chi connectivity index (χ2v) is 5.12. The van der Waals surface area contributed by atoms with E-state index >= 15 is 0 Å². The van der Waals surface area contributed by atoms with Crippen LogP contribution in [0.3, 0.4) is 0 Å². The highest BCUT2D eigenvalue weighted by Gasteiger charge is 2.11. The Kier molecular flexibility index (Phi) is 6.05. The second kappa shape index (κ2) is 7.31. The number of rotatable bonds is 7. The Morgan fingerprint density at radius 2 is 1.83 bits per heavy atom. The van der Waals surface area contributed by atoms with E-state index in [1.807, 2.05) is 19.3 Å². The van der Waals surface area contributed by atoms with Crippen molar-refractivity contribution in [2.24, 2.45) is 11.7 Å². The van der Waals surface area contributed by atoms with Gasteiger partial charge in [0.15, 0.2) is 0 Å². The van der Waals surface area contributed by atoms with Gasteiger partial charge in [-0.15, -0.1) is 0 Å². The average Bonchev–Trinajstić information content (AvgIpc) is 2.36. The van der Waals surface area contributed by atoms with Gasteiger partial charge in [0.1, 0.15) is 0 Å². The molecule has 0 bridgehead atoms. The molecule has 0 aliphatic rings. The zero-order valence-corrected chi connectivity index (χ0v) is 12.1. The molecule has 1 aromatic heterocycles. The molecule has 1 heterocycles. The van der Waals surface area contributed by atoms with Gasteiger partial charge in [0.25, 0.3) is 0 Å². The molecule has 0 radical (unpaired) electrons. The lowest BCUT2D eigenvalue weighted by Gasteiger charge is -2.24. The summed E-state index contributed by atoms with van der Waals surface area (Å²) in [5, 5.41) is 0. The van der Waals surface area contributed by atoms with E-state index in [1.54, 1.807) is 0 Å². The number of nitrogens with two attached hydrogens (primary N) is 1. The van der Waals surface area contributed by atoms with Crippen LogP contribution in [-0.2, 0) is 6.42 Å². The summed E-state index contributed by atoms with van der Waals surface area (Å²) in [6, 6.07) is 0.154. The quantitative estimate of drug-likeness (QED) is 0.806. The molecule has 2 atom stereocenters. The molecule has 0 amide bonds. The van der Waals surface area contributed by atoms with Crippen molar-refractivity contribution in [2.45, 2.75) is 46.6 Å². The lowest BCUT2D eigenvalue weighted by Crippen LogP contribution is -2.29. The predicted octanol–water partition coefficient (Wildman–Crippen LogP) is 2.24. The zero-order valence-electron chi connectivity index (χ0n) is 12.1. The number of nitrogens with zero attached hydrogens (tertiary/aromatic N) is 3. The van der Waals surface area contributed by atoms with Crippen molar-refractivity contribution in [1.29, 1.82) is 0 Å². The van der Waals surface area contributed by atoms with Gasteiger partial charge in [-0.1, -0.05) is 20.3 Å². The monoisotopic (exact) mass is 250 g/mol. The molecule has 1 rings (SSSR count). The summed E-state index contributed by atoms with van der Waals surface area (Å²) in [4.78, 5) is 11.1. The predicted molar refractivity (Wildman–Crippen MR) is 76.7 cm³/mol. The Morgan fingerprint density at radius 3 is 2.28 bits per heavy atom. The Hall–Kier alpha value is -1.16. The van der Waals surface area contributed by atoms with Gasteiger partial charge in [-0.3, -0.25) is 0 Å². The second-order valence-electron chi connectivity index (χ2n) is 5.12. The van der Waals surface area contributed by atoms with Crippen LogP contribution in [0.5, 0.6) is 0 Å². The van der Waals surface area contributed by atoms with E-state index in [0.717, 1.165) is 31.0 Å². The molecule has 2 N–H and O–H groups in total. The number of hydrogen-bond acceptors (Lipinski definition) is 4. The van der Waals surface area contributed by atoms with Gasteiger partial charge in [-0.05, 0) is 31.7 Å². The highest BCUT2D eigenvalue weighted by Crippen LogP contribution is 2.12. The normalized spacial score (nSPS) is 14.3. The molecule has 0 aliphatic heterocycles. The lowest BCUT2D eigenvalue weighted by atomic mass is 10.1. The molecule has 102 valence electrons. The van der Waals surface area contributed by atoms with E-state index in [2.05, 4.69) is 35.6 Å². The Balaban J connectivity index is 2.69. The van der Waals surface area contributed by atoms with Gasteiger partial charge < -0.3 is 10.6 Å². The Morgan fingerprint density at radius 1 is 1.22 bits per heavy atom. The molecule has 4 heteroatoms. The highest BCUT2D eigenvalue weighted by atomic mass is 15.2. The van der Waals surface area contributed by atoms with Crippen molar-refractivity contribution in [3.05, 3.63) is 18.0 Å². The molecule has 0 fully saturated rings. The highest BCUT2D eigenvalue weighted by molar-refractivity contribution is 5.29. The van der Waals surface area contributed by atoms with Crippen molar-refractivity contribution in [1.82, 2.24) is 9.97 Å². The van der Waals surface area contributed by atoms with Gasteiger partial charge in [0, 0.05) is 31.5 Å². The summed E-state index contributed by atoms with van der Waals surface area (Å²) in [5.41, 5.74) is 6.87. The topological polar surface area (TPSA) is 55.0 Å². The van der Waals surface area contributed by atoms with E-state index in [-0.39, 0.29) is 6.04 Å². The summed E-state index contributed by atoms with van der Waals surface area (Å²) in [7, 11) is 0. The van der Waals surface area contributed by atoms with Crippen LogP contribution >= 0.6 is 0 Å². The molecule has 0 saturated heterocycles. The van der Waals surface area contributed by atoms with E-state index < -0.39 is 0 Å². The van der Waals surface area contributed by atoms with Crippen LogP contribution in [0.15, 0.2) is 12.4 Å². The van der Waals surface area contributed by atoms with Gasteiger partial charge in [-0.2, -0.15) is 0 Å². The van der Waals surface area contributed by atoms with Gasteiger partial charge >= 0.3 is 0 Å². The number of anilines is 1. The zero-order chi connectivity index (χ0) is 13.5. The lowest BCUT2D eigenvalue weighted by molar-refractivity contribution is 0.542. The minimum atomic E-state index is 0.154. The smallest absolute Gasteiger partial charge is 0.225 e. The molecule has 4 nitrogen and oxygen atoms in total. The average molecular weight is 250 g/mol. The molecular weight excluding hydrogens is 224 g/mol. The molecule has 0 spiro atoms. The summed E-state index contributed by atoms with van der Waals surface area (Å²) < 4.78 is 0. The van der Waals surface area contributed by atoms with Gasteiger partial charge in [0.05, 0.1) is 0 Å². The fourth-order valence-corrected chi connectivity index (χ4v) is 1.85. The van der Waals surface area contributed by atoms with Crippen LogP contribution in [0.4, 0.5) is 5.95 Å². The number of aromatic nitrogens is 2. The first-order chi connectivity index (χ1) is 8.56. The molecule has 1 aromatic rings. The van der Waals surface area contributed by atoms with Crippen LogP contribution < -0.4 is 10.6 Å². The molecule has 0 aromatic carbocycles. The van der Waals surface area contributed by atoms with Crippen LogP contribution in [0.1, 0.15) is 39.7 Å². The minimum Gasteiger partial charge on any atom is -0.341 e.